The summed E-state index contributed by atoms with van der Waals surface area (Å²) in [5.74, 6) is 0.886. The molecule has 2 heterocycles. The van der Waals surface area contributed by atoms with E-state index >= 15 is 0 Å². The zero-order valence-electron chi connectivity index (χ0n) is 13.4. The molecule has 1 aliphatic heterocycles. The van der Waals surface area contributed by atoms with E-state index in [1.54, 1.807) is 27.8 Å². The smallest absolute Gasteiger partial charge is 0.246 e. The zero-order chi connectivity index (χ0) is 16.4. The molecular weight excluding hydrogens is 330 g/mol. The number of methoxy groups -OCH3 is 1. The average molecular weight is 351 g/mol. The lowest BCUT2D eigenvalue weighted by Gasteiger charge is -2.31. The third-order valence-corrected chi connectivity index (χ3v) is 7.29. The number of sulfonamides is 1. The van der Waals surface area contributed by atoms with Gasteiger partial charge in [-0.2, -0.15) is 4.31 Å². The molecule has 23 heavy (non-hydrogen) atoms. The van der Waals surface area contributed by atoms with Crippen molar-refractivity contribution in [2.24, 2.45) is 0 Å². The first-order chi connectivity index (χ1) is 11.0. The molecule has 0 aliphatic carbocycles. The number of aryl methyl sites for hydroxylation is 1. The maximum absolute atomic E-state index is 13.0. The Hall–Kier alpha value is -1.37. The summed E-state index contributed by atoms with van der Waals surface area (Å²) < 4.78 is 32.8. The molecule has 0 atom stereocenters. The van der Waals surface area contributed by atoms with Crippen molar-refractivity contribution in [3.8, 4) is 5.75 Å². The second kappa shape index (κ2) is 6.63. The van der Waals surface area contributed by atoms with Crippen molar-refractivity contribution in [1.29, 1.82) is 0 Å². The molecule has 0 bridgehead atoms. The average Bonchev–Trinajstić information content (AvgIpc) is 3.09. The van der Waals surface area contributed by atoms with Gasteiger partial charge < -0.3 is 4.74 Å². The summed E-state index contributed by atoms with van der Waals surface area (Å²) in [5, 5.41) is 2.08. The normalized spacial score (nSPS) is 17.3. The Balaban J connectivity index is 1.81. The van der Waals surface area contributed by atoms with Crippen LogP contribution in [-0.4, -0.2) is 32.9 Å². The predicted molar refractivity (Wildman–Crippen MR) is 92.8 cm³/mol. The Bertz CT molecular complexity index is 761. The third-order valence-electron chi connectivity index (χ3n) is 4.34. The molecule has 2 aromatic rings. The van der Waals surface area contributed by atoms with E-state index in [1.165, 1.54) is 12.0 Å². The summed E-state index contributed by atoms with van der Waals surface area (Å²) in [5.41, 5.74) is 0.915. The van der Waals surface area contributed by atoms with Crippen molar-refractivity contribution in [3.05, 3.63) is 46.2 Å². The quantitative estimate of drug-likeness (QED) is 0.845. The summed E-state index contributed by atoms with van der Waals surface area (Å²) >= 11 is 1.75. The first-order valence-electron chi connectivity index (χ1n) is 7.70. The second-order valence-electron chi connectivity index (χ2n) is 5.85. The van der Waals surface area contributed by atoms with Crippen LogP contribution in [0.25, 0.3) is 0 Å². The highest BCUT2D eigenvalue weighted by molar-refractivity contribution is 7.89. The standard InChI is InChI=1S/C17H21NO3S2/c1-13-5-6-15(21-2)17(12-13)23(19,20)18-9-7-14(8-10-18)16-4-3-11-22-16/h3-6,11-12,14H,7-10H2,1-2H3. The Kier molecular flexibility index (Phi) is 4.75. The van der Waals surface area contributed by atoms with Crippen LogP contribution in [0.3, 0.4) is 0 Å². The fourth-order valence-corrected chi connectivity index (χ4v) is 5.64. The molecule has 1 aromatic carbocycles. The molecule has 0 spiro atoms. The molecule has 0 radical (unpaired) electrons. The van der Waals surface area contributed by atoms with Gasteiger partial charge in [0.1, 0.15) is 10.6 Å². The first kappa shape index (κ1) is 16.5. The highest BCUT2D eigenvalue weighted by Gasteiger charge is 2.32. The van der Waals surface area contributed by atoms with Crippen LogP contribution >= 0.6 is 11.3 Å². The number of hydrogen-bond acceptors (Lipinski definition) is 4. The van der Waals surface area contributed by atoms with Gasteiger partial charge in [0.2, 0.25) is 10.0 Å². The summed E-state index contributed by atoms with van der Waals surface area (Å²) in [6.07, 6.45) is 1.74. The summed E-state index contributed by atoms with van der Waals surface area (Å²) in [6.45, 7) is 3.01. The van der Waals surface area contributed by atoms with Crippen LogP contribution in [0.15, 0.2) is 40.6 Å². The molecule has 6 heteroatoms. The van der Waals surface area contributed by atoms with Gasteiger partial charge in [-0.25, -0.2) is 8.42 Å². The van der Waals surface area contributed by atoms with E-state index in [4.69, 9.17) is 4.74 Å². The Morgan fingerprint density at radius 3 is 2.57 bits per heavy atom. The first-order valence-corrected chi connectivity index (χ1v) is 10.0. The second-order valence-corrected chi connectivity index (χ2v) is 8.73. The number of rotatable bonds is 4. The summed E-state index contributed by atoms with van der Waals surface area (Å²) in [6, 6.07) is 9.48. The van der Waals surface area contributed by atoms with Gasteiger partial charge in [0.15, 0.2) is 0 Å². The van der Waals surface area contributed by atoms with Crippen LogP contribution in [0.5, 0.6) is 5.75 Å². The van der Waals surface area contributed by atoms with Crippen LogP contribution < -0.4 is 4.74 Å². The molecule has 1 aromatic heterocycles. The van der Waals surface area contributed by atoms with E-state index < -0.39 is 10.0 Å². The lowest BCUT2D eigenvalue weighted by atomic mass is 9.97. The van der Waals surface area contributed by atoms with E-state index in [0.29, 0.717) is 24.8 Å². The highest BCUT2D eigenvalue weighted by Crippen LogP contribution is 2.35. The van der Waals surface area contributed by atoms with Crippen molar-refractivity contribution < 1.29 is 13.2 Å². The number of benzene rings is 1. The van der Waals surface area contributed by atoms with Crippen LogP contribution in [0.4, 0.5) is 0 Å². The SMILES string of the molecule is COc1ccc(C)cc1S(=O)(=O)N1CCC(c2cccs2)CC1. The number of nitrogens with zero attached hydrogens (tertiary/aromatic N) is 1. The van der Waals surface area contributed by atoms with Gasteiger partial charge in [-0.1, -0.05) is 12.1 Å². The number of hydrogen-bond donors (Lipinski definition) is 0. The topological polar surface area (TPSA) is 46.6 Å². The molecule has 4 nitrogen and oxygen atoms in total. The summed E-state index contributed by atoms with van der Waals surface area (Å²) in [4.78, 5) is 1.63. The minimum absolute atomic E-state index is 0.273. The molecule has 124 valence electrons. The largest absolute Gasteiger partial charge is 0.495 e. The Morgan fingerprint density at radius 2 is 1.96 bits per heavy atom. The van der Waals surface area contributed by atoms with Gasteiger partial charge in [0.25, 0.3) is 0 Å². The monoisotopic (exact) mass is 351 g/mol. The van der Waals surface area contributed by atoms with Gasteiger partial charge in [0.05, 0.1) is 7.11 Å². The van der Waals surface area contributed by atoms with E-state index in [0.717, 1.165) is 18.4 Å². The molecule has 1 aliphatic rings. The maximum atomic E-state index is 13.0. The van der Waals surface area contributed by atoms with Crippen molar-refractivity contribution >= 4 is 21.4 Å². The van der Waals surface area contributed by atoms with E-state index in [9.17, 15) is 8.42 Å². The minimum Gasteiger partial charge on any atom is -0.495 e. The third kappa shape index (κ3) is 3.29. The lowest BCUT2D eigenvalue weighted by Crippen LogP contribution is -2.37. The lowest BCUT2D eigenvalue weighted by molar-refractivity contribution is 0.319. The molecule has 0 unspecified atom stereocenters. The van der Waals surface area contributed by atoms with Crippen molar-refractivity contribution in [2.75, 3.05) is 20.2 Å². The number of ether oxygens (including phenoxy) is 1. The Morgan fingerprint density at radius 1 is 1.22 bits per heavy atom. The Labute approximate surface area is 141 Å². The van der Waals surface area contributed by atoms with Gasteiger partial charge in [-0.3, -0.25) is 0 Å². The fourth-order valence-electron chi connectivity index (χ4n) is 3.03. The zero-order valence-corrected chi connectivity index (χ0v) is 15.0. The van der Waals surface area contributed by atoms with Gasteiger partial charge in [-0.05, 0) is 54.8 Å². The highest BCUT2D eigenvalue weighted by atomic mass is 32.2. The van der Waals surface area contributed by atoms with Gasteiger partial charge >= 0.3 is 0 Å². The maximum Gasteiger partial charge on any atom is 0.246 e. The predicted octanol–water partition coefficient (Wildman–Crippen LogP) is 3.63. The van der Waals surface area contributed by atoms with E-state index in [1.807, 2.05) is 13.0 Å². The molecule has 0 amide bonds. The van der Waals surface area contributed by atoms with E-state index in [2.05, 4.69) is 17.5 Å². The van der Waals surface area contributed by atoms with Gasteiger partial charge in [-0.15, -0.1) is 11.3 Å². The van der Waals surface area contributed by atoms with Crippen LogP contribution in [-0.2, 0) is 10.0 Å². The fraction of sp³-hybridized carbons (Fsp3) is 0.412. The molecule has 0 saturated carbocycles. The molecule has 1 saturated heterocycles. The van der Waals surface area contributed by atoms with E-state index in [-0.39, 0.29) is 4.90 Å². The molecule has 3 rings (SSSR count). The number of piperidine rings is 1. The summed E-state index contributed by atoms with van der Waals surface area (Å²) in [7, 11) is -2.00. The van der Waals surface area contributed by atoms with Crippen LogP contribution in [0.1, 0.15) is 29.2 Å². The van der Waals surface area contributed by atoms with Crippen molar-refractivity contribution in [1.82, 2.24) is 4.31 Å². The molecular formula is C17H21NO3S2. The molecule has 0 N–H and O–H groups in total. The number of thiophene rings is 1. The molecule has 1 fully saturated rings. The van der Waals surface area contributed by atoms with Crippen LogP contribution in [0, 0.1) is 6.92 Å². The van der Waals surface area contributed by atoms with Crippen molar-refractivity contribution in [2.45, 2.75) is 30.6 Å². The van der Waals surface area contributed by atoms with Crippen molar-refractivity contribution in [3.63, 3.8) is 0 Å². The van der Waals surface area contributed by atoms with Crippen LogP contribution in [0.2, 0.25) is 0 Å². The van der Waals surface area contributed by atoms with Gasteiger partial charge in [0, 0.05) is 18.0 Å². The minimum atomic E-state index is -3.51.